The lowest BCUT2D eigenvalue weighted by molar-refractivity contribution is -0.136. The van der Waals surface area contributed by atoms with Crippen LogP contribution in [0.2, 0.25) is 10.0 Å². The molecule has 2 aromatic rings. The fourth-order valence-corrected chi connectivity index (χ4v) is 3.40. The number of carbonyl (C=O) groups is 2. The molecule has 1 aliphatic heterocycles. The Morgan fingerprint density at radius 1 is 1.04 bits per heavy atom. The zero-order valence-corrected chi connectivity index (χ0v) is 16.4. The van der Waals surface area contributed by atoms with Gasteiger partial charge in [-0.15, -0.1) is 0 Å². The van der Waals surface area contributed by atoms with E-state index in [9.17, 15) is 9.59 Å². The highest BCUT2D eigenvalue weighted by atomic mass is 35.5. The van der Waals surface area contributed by atoms with Crippen LogP contribution in [0.4, 0.5) is 5.69 Å². The van der Waals surface area contributed by atoms with E-state index in [1.54, 1.807) is 37.3 Å². The van der Waals surface area contributed by atoms with Crippen molar-refractivity contribution in [3.8, 4) is 5.75 Å². The van der Waals surface area contributed by atoms with Crippen LogP contribution in [0.1, 0.15) is 19.4 Å². The molecule has 3 rings (SSSR count). The molecule has 5 nitrogen and oxygen atoms in total. The van der Waals surface area contributed by atoms with Crippen molar-refractivity contribution in [3.63, 3.8) is 0 Å². The van der Waals surface area contributed by atoms with E-state index in [0.29, 0.717) is 33.7 Å². The molecule has 0 atom stereocenters. The van der Waals surface area contributed by atoms with E-state index < -0.39 is 11.8 Å². The summed E-state index contributed by atoms with van der Waals surface area (Å²) in [6, 6.07) is 12.0. The number of benzene rings is 2. The summed E-state index contributed by atoms with van der Waals surface area (Å²) in [5, 5.41) is 3.83. The Balaban J connectivity index is 2.09. The number of halogens is 2. The molecule has 1 aliphatic rings. The molecule has 1 heterocycles. The molecule has 0 saturated heterocycles. The van der Waals surface area contributed by atoms with Gasteiger partial charge in [-0.3, -0.25) is 14.5 Å². The fourth-order valence-electron chi connectivity index (χ4n) is 2.90. The molecular weight excluding hydrogens is 387 g/mol. The minimum atomic E-state index is -0.398. The van der Waals surface area contributed by atoms with Crippen molar-refractivity contribution >= 4 is 46.3 Å². The molecule has 7 heteroatoms. The van der Waals surface area contributed by atoms with Gasteiger partial charge in [-0.2, -0.15) is 0 Å². The van der Waals surface area contributed by atoms with Crippen molar-refractivity contribution in [1.29, 1.82) is 0 Å². The van der Waals surface area contributed by atoms with Crippen molar-refractivity contribution in [2.75, 3.05) is 18.5 Å². The van der Waals surface area contributed by atoms with Gasteiger partial charge in [-0.25, -0.2) is 0 Å². The third-order valence-electron chi connectivity index (χ3n) is 4.10. The van der Waals surface area contributed by atoms with Gasteiger partial charge in [0.05, 0.1) is 17.2 Å². The molecule has 0 saturated carbocycles. The Morgan fingerprint density at radius 3 is 2.48 bits per heavy atom. The lowest BCUT2D eigenvalue weighted by atomic mass is 10.0. The minimum absolute atomic E-state index is 0.180. The van der Waals surface area contributed by atoms with Crippen molar-refractivity contribution < 1.29 is 14.3 Å². The average molecular weight is 405 g/mol. The second-order valence-electron chi connectivity index (χ2n) is 5.81. The van der Waals surface area contributed by atoms with Gasteiger partial charge >= 0.3 is 0 Å². The molecule has 0 bridgehead atoms. The summed E-state index contributed by atoms with van der Waals surface area (Å²) in [5.74, 6) is -0.126. The third kappa shape index (κ3) is 3.80. The zero-order chi connectivity index (χ0) is 19.6. The van der Waals surface area contributed by atoms with Gasteiger partial charge < -0.3 is 10.1 Å². The second kappa shape index (κ2) is 8.03. The van der Waals surface area contributed by atoms with Crippen molar-refractivity contribution in [2.45, 2.75) is 13.8 Å². The maximum Gasteiger partial charge on any atom is 0.278 e. The van der Waals surface area contributed by atoms with E-state index in [0.717, 1.165) is 0 Å². The predicted octanol–water partition coefficient (Wildman–Crippen LogP) is 4.60. The highest BCUT2D eigenvalue weighted by Crippen LogP contribution is 2.35. The summed E-state index contributed by atoms with van der Waals surface area (Å²) < 4.78 is 5.49. The molecule has 0 unspecified atom stereocenters. The number of nitrogens with zero attached hydrogens (tertiary/aromatic N) is 1. The third-order valence-corrected chi connectivity index (χ3v) is 4.65. The average Bonchev–Trinajstić information content (AvgIpc) is 2.86. The summed E-state index contributed by atoms with van der Waals surface area (Å²) in [6.07, 6.45) is 0. The maximum atomic E-state index is 12.8. The van der Waals surface area contributed by atoms with Crippen LogP contribution in [-0.4, -0.2) is 29.9 Å². The van der Waals surface area contributed by atoms with Crippen LogP contribution in [-0.2, 0) is 9.59 Å². The highest BCUT2D eigenvalue weighted by Gasteiger charge is 2.39. The van der Waals surface area contributed by atoms with Crippen molar-refractivity contribution in [2.24, 2.45) is 0 Å². The molecule has 2 aromatic carbocycles. The number of nitrogens with one attached hydrogen (secondary N) is 1. The molecular formula is C20H18Cl2N2O3. The topological polar surface area (TPSA) is 58.6 Å². The van der Waals surface area contributed by atoms with Crippen LogP contribution in [0, 0.1) is 0 Å². The number of anilines is 1. The van der Waals surface area contributed by atoms with Crippen LogP contribution < -0.4 is 10.1 Å². The number of carbonyl (C=O) groups excluding carboxylic acids is 2. The summed E-state index contributed by atoms with van der Waals surface area (Å²) in [4.78, 5) is 26.8. The molecule has 0 fully saturated rings. The van der Waals surface area contributed by atoms with Crippen molar-refractivity contribution in [1.82, 2.24) is 4.90 Å². The van der Waals surface area contributed by atoms with Crippen LogP contribution in [0.5, 0.6) is 5.75 Å². The fraction of sp³-hybridized carbons (Fsp3) is 0.200. The number of ether oxygens (including phenoxy) is 1. The Hall–Kier alpha value is -2.50. The van der Waals surface area contributed by atoms with Crippen LogP contribution >= 0.6 is 23.2 Å². The first-order chi connectivity index (χ1) is 13.0. The molecule has 0 spiro atoms. The Labute approximate surface area is 167 Å². The number of likely N-dealkylation sites (N-methyl/N-ethyl adjacent to an activating group) is 1. The van der Waals surface area contributed by atoms with Gasteiger partial charge in [-0.05, 0) is 38.1 Å². The number of imide groups is 1. The first kappa shape index (κ1) is 19.3. The second-order valence-corrected chi connectivity index (χ2v) is 6.66. The standard InChI is InChI=1S/C20H18Cl2N2O3/c1-3-24-19(25)17(15-9-8-12(21)10-16(15)22)18(20(24)26)23-13-6-5-7-14(11-13)27-4-2/h5-11,23H,3-4H2,1-2H3. The van der Waals surface area contributed by atoms with E-state index in [1.807, 2.05) is 19.1 Å². The molecule has 0 aromatic heterocycles. The number of rotatable bonds is 6. The predicted molar refractivity (Wildman–Crippen MR) is 107 cm³/mol. The molecule has 0 radical (unpaired) electrons. The van der Waals surface area contributed by atoms with Gasteiger partial charge in [0.2, 0.25) is 0 Å². The first-order valence-electron chi connectivity index (χ1n) is 8.52. The van der Waals surface area contributed by atoms with Crippen LogP contribution in [0.15, 0.2) is 48.2 Å². The van der Waals surface area contributed by atoms with Gasteiger partial charge in [-0.1, -0.05) is 35.3 Å². The van der Waals surface area contributed by atoms with Crippen molar-refractivity contribution in [3.05, 3.63) is 63.8 Å². The number of hydrogen-bond acceptors (Lipinski definition) is 4. The van der Waals surface area contributed by atoms with E-state index in [1.165, 1.54) is 4.90 Å². The molecule has 27 heavy (non-hydrogen) atoms. The van der Waals surface area contributed by atoms with Crippen LogP contribution in [0.3, 0.4) is 0 Å². The quantitative estimate of drug-likeness (QED) is 0.714. The SMILES string of the molecule is CCOc1cccc(NC2=C(c3ccc(Cl)cc3Cl)C(=O)N(CC)C2=O)c1. The highest BCUT2D eigenvalue weighted by molar-refractivity contribution is 6.41. The molecule has 0 aliphatic carbocycles. The van der Waals surface area contributed by atoms with Gasteiger partial charge in [0.25, 0.3) is 11.8 Å². The summed E-state index contributed by atoms with van der Waals surface area (Å²) in [6.45, 7) is 4.42. The van der Waals surface area contributed by atoms with Gasteiger partial charge in [0.15, 0.2) is 0 Å². The normalized spacial score (nSPS) is 14.1. The monoisotopic (exact) mass is 404 g/mol. The van der Waals surface area contributed by atoms with Crippen LogP contribution in [0.25, 0.3) is 5.57 Å². The summed E-state index contributed by atoms with van der Waals surface area (Å²) >= 11 is 12.3. The number of hydrogen-bond donors (Lipinski definition) is 1. The summed E-state index contributed by atoms with van der Waals surface area (Å²) in [5.41, 5.74) is 1.50. The molecule has 140 valence electrons. The van der Waals surface area contributed by atoms with Gasteiger partial charge in [0.1, 0.15) is 11.4 Å². The van der Waals surface area contributed by atoms with E-state index in [-0.39, 0.29) is 17.8 Å². The zero-order valence-electron chi connectivity index (χ0n) is 14.9. The Morgan fingerprint density at radius 2 is 1.81 bits per heavy atom. The largest absolute Gasteiger partial charge is 0.494 e. The smallest absolute Gasteiger partial charge is 0.278 e. The molecule has 1 N–H and O–H groups in total. The summed E-state index contributed by atoms with van der Waals surface area (Å²) in [7, 11) is 0. The van der Waals surface area contributed by atoms with E-state index in [4.69, 9.17) is 27.9 Å². The maximum absolute atomic E-state index is 12.8. The Bertz CT molecular complexity index is 941. The van der Waals surface area contributed by atoms with E-state index >= 15 is 0 Å². The lowest BCUT2D eigenvalue weighted by Gasteiger charge is -2.12. The first-order valence-corrected chi connectivity index (χ1v) is 9.27. The number of amides is 2. The van der Waals surface area contributed by atoms with E-state index in [2.05, 4.69) is 5.32 Å². The Kier molecular flexibility index (Phi) is 5.73. The molecule has 2 amide bonds. The van der Waals surface area contributed by atoms with Gasteiger partial charge in [0, 0.05) is 28.9 Å². The lowest BCUT2D eigenvalue weighted by Crippen LogP contribution is -2.32. The minimum Gasteiger partial charge on any atom is -0.494 e.